The smallest absolute Gasteiger partial charge is 0.252 e. The molecule has 0 saturated heterocycles. The molecule has 3 rings (SSSR count). The molecule has 0 aromatic heterocycles. The van der Waals surface area contributed by atoms with Crippen molar-refractivity contribution in [3.05, 3.63) is 12.1 Å². The van der Waals surface area contributed by atoms with E-state index in [2.05, 4.69) is 19.2 Å². The summed E-state index contributed by atoms with van der Waals surface area (Å²) in [6.45, 7) is 9.10. The van der Waals surface area contributed by atoms with Gasteiger partial charge >= 0.3 is 0 Å². The summed E-state index contributed by atoms with van der Waals surface area (Å²) < 4.78 is 10.9. The first-order chi connectivity index (χ1) is 9.88. The van der Waals surface area contributed by atoms with Crippen molar-refractivity contribution in [3.8, 4) is 11.5 Å². The van der Waals surface area contributed by atoms with E-state index in [0.29, 0.717) is 18.2 Å². The van der Waals surface area contributed by atoms with Crippen LogP contribution >= 0.6 is 0 Å². The molecule has 114 valence electrons. The van der Waals surface area contributed by atoms with Gasteiger partial charge in [-0.2, -0.15) is 0 Å². The van der Waals surface area contributed by atoms with Gasteiger partial charge < -0.3 is 19.7 Å². The molecule has 0 spiro atoms. The summed E-state index contributed by atoms with van der Waals surface area (Å²) in [5, 5.41) is 3.31. The number of fused-ring (bicyclic) bond motifs is 2. The maximum Gasteiger partial charge on any atom is 0.252 e. The Morgan fingerprint density at radius 3 is 2.62 bits per heavy atom. The van der Waals surface area contributed by atoms with Gasteiger partial charge in [-0.15, -0.1) is 0 Å². The van der Waals surface area contributed by atoms with Crippen LogP contribution < -0.4 is 19.7 Å². The number of ether oxygens (including phenoxy) is 2. The Kier molecular flexibility index (Phi) is 3.23. The lowest BCUT2D eigenvalue weighted by Gasteiger charge is -2.40. The topological polar surface area (TPSA) is 50.8 Å². The van der Waals surface area contributed by atoms with Crippen molar-refractivity contribution in [2.24, 2.45) is 5.92 Å². The lowest BCUT2D eigenvalue weighted by molar-refractivity contribution is -0.122. The number of rotatable bonds is 3. The van der Waals surface area contributed by atoms with Crippen molar-refractivity contribution in [1.29, 1.82) is 0 Å². The zero-order valence-corrected chi connectivity index (χ0v) is 13.0. The molecular weight excluding hydrogens is 268 g/mol. The minimum Gasteiger partial charge on any atom is -0.454 e. The van der Waals surface area contributed by atoms with Crippen molar-refractivity contribution in [2.45, 2.75) is 39.7 Å². The largest absolute Gasteiger partial charge is 0.454 e. The van der Waals surface area contributed by atoms with E-state index >= 15 is 0 Å². The summed E-state index contributed by atoms with van der Waals surface area (Å²) in [7, 11) is 0. The van der Waals surface area contributed by atoms with Gasteiger partial charge in [-0.25, -0.2) is 0 Å². The number of hydrogen-bond donors (Lipinski definition) is 1. The molecule has 1 aromatic carbocycles. The monoisotopic (exact) mass is 290 g/mol. The number of anilines is 2. The molecular formula is C16H22N2O3. The Hall–Kier alpha value is -1.91. The van der Waals surface area contributed by atoms with Crippen molar-refractivity contribution < 1.29 is 14.3 Å². The maximum absolute atomic E-state index is 12.7. The fourth-order valence-electron chi connectivity index (χ4n) is 2.70. The number of nitrogens with zero attached hydrogens (tertiary/aromatic N) is 1. The van der Waals surface area contributed by atoms with Crippen LogP contribution in [0.3, 0.4) is 0 Å². The normalized spacial score (nSPS) is 18.7. The van der Waals surface area contributed by atoms with Gasteiger partial charge in [-0.05, 0) is 26.2 Å². The van der Waals surface area contributed by atoms with Crippen LogP contribution in [0.4, 0.5) is 11.4 Å². The van der Waals surface area contributed by atoms with Crippen molar-refractivity contribution in [2.75, 3.05) is 23.6 Å². The third kappa shape index (κ3) is 2.41. The quantitative estimate of drug-likeness (QED) is 0.929. The Morgan fingerprint density at radius 2 is 1.95 bits per heavy atom. The highest BCUT2D eigenvalue weighted by atomic mass is 16.7. The summed E-state index contributed by atoms with van der Waals surface area (Å²) in [6.07, 6.45) is 0.968. The van der Waals surface area contributed by atoms with E-state index in [1.54, 1.807) is 0 Å². The first-order valence-corrected chi connectivity index (χ1v) is 7.42. The second-order valence-electron chi connectivity index (χ2n) is 6.61. The van der Waals surface area contributed by atoms with Gasteiger partial charge in [0.25, 0.3) is 5.91 Å². The van der Waals surface area contributed by atoms with E-state index in [0.717, 1.165) is 23.5 Å². The number of hydrogen-bond acceptors (Lipinski definition) is 4. The molecule has 2 heterocycles. The Labute approximate surface area is 125 Å². The Balaban J connectivity index is 2.01. The lowest BCUT2D eigenvalue weighted by Crippen LogP contribution is -2.54. The maximum atomic E-state index is 12.7. The highest BCUT2D eigenvalue weighted by molar-refractivity contribution is 6.07. The molecule has 0 saturated carbocycles. The highest BCUT2D eigenvalue weighted by Crippen LogP contribution is 2.44. The zero-order chi connectivity index (χ0) is 15.2. The van der Waals surface area contributed by atoms with E-state index in [1.807, 2.05) is 30.9 Å². The standard InChI is InChI=1S/C16H22N2O3/c1-10(2)5-6-18-12-8-14-13(20-9-21-14)7-11(12)17-16(3,4)15(18)19/h7-8,10,17H,5-6,9H2,1-4H3. The Morgan fingerprint density at radius 1 is 1.29 bits per heavy atom. The molecule has 0 radical (unpaired) electrons. The summed E-state index contributed by atoms with van der Waals surface area (Å²) in [4.78, 5) is 14.6. The van der Waals surface area contributed by atoms with Crippen molar-refractivity contribution in [1.82, 2.24) is 0 Å². The van der Waals surface area contributed by atoms with Crippen LogP contribution in [0.15, 0.2) is 12.1 Å². The second kappa shape index (κ2) is 4.83. The van der Waals surface area contributed by atoms with E-state index in [4.69, 9.17) is 9.47 Å². The van der Waals surface area contributed by atoms with Gasteiger partial charge in [0.1, 0.15) is 5.54 Å². The molecule has 1 N–H and O–H groups in total. The summed E-state index contributed by atoms with van der Waals surface area (Å²) in [5.41, 5.74) is 1.19. The minimum atomic E-state index is -0.613. The molecule has 0 aliphatic carbocycles. The SMILES string of the molecule is CC(C)CCN1C(=O)C(C)(C)Nc2cc3c(cc21)OCO3. The average molecular weight is 290 g/mol. The van der Waals surface area contributed by atoms with Gasteiger partial charge in [-0.3, -0.25) is 4.79 Å². The zero-order valence-electron chi connectivity index (χ0n) is 13.0. The fourth-order valence-corrected chi connectivity index (χ4v) is 2.70. The summed E-state index contributed by atoms with van der Waals surface area (Å²) in [6, 6.07) is 3.83. The second-order valence-corrected chi connectivity index (χ2v) is 6.61. The van der Waals surface area contributed by atoms with E-state index in [1.165, 1.54) is 0 Å². The summed E-state index contributed by atoms with van der Waals surface area (Å²) >= 11 is 0. The van der Waals surface area contributed by atoms with Gasteiger partial charge in [0.05, 0.1) is 11.4 Å². The molecule has 1 aromatic rings. The van der Waals surface area contributed by atoms with Crippen molar-refractivity contribution in [3.63, 3.8) is 0 Å². The third-order valence-electron chi connectivity index (χ3n) is 3.94. The predicted octanol–water partition coefficient (Wildman–Crippen LogP) is 3.00. The summed E-state index contributed by atoms with van der Waals surface area (Å²) in [5.74, 6) is 2.08. The third-order valence-corrected chi connectivity index (χ3v) is 3.94. The number of amides is 1. The fraction of sp³-hybridized carbons (Fsp3) is 0.562. The van der Waals surface area contributed by atoms with Crippen LogP contribution in [0.2, 0.25) is 0 Å². The lowest BCUT2D eigenvalue weighted by atomic mass is 9.97. The van der Waals surface area contributed by atoms with E-state index in [9.17, 15) is 4.79 Å². The van der Waals surface area contributed by atoms with Crippen LogP contribution in [-0.2, 0) is 4.79 Å². The Bertz CT molecular complexity index is 581. The number of benzene rings is 1. The molecule has 0 bridgehead atoms. The molecule has 5 heteroatoms. The number of carbonyl (C=O) groups excluding carboxylic acids is 1. The molecule has 0 atom stereocenters. The molecule has 21 heavy (non-hydrogen) atoms. The van der Waals surface area contributed by atoms with Gasteiger partial charge in [0.15, 0.2) is 11.5 Å². The molecule has 1 amide bonds. The molecule has 0 fully saturated rings. The van der Waals surface area contributed by atoms with E-state index in [-0.39, 0.29) is 12.7 Å². The van der Waals surface area contributed by atoms with E-state index < -0.39 is 5.54 Å². The number of nitrogens with one attached hydrogen (secondary N) is 1. The average Bonchev–Trinajstić information content (AvgIpc) is 2.83. The first kappa shape index (κ1) is 14.0. The van der Waals surface area contributed by atoms with Crippen LogP contribution in [0.1, 0.15) is 34.1 Å². The van der Waals surface area contributed by atoms with Gasteiger partial charge in [0.2, 0.25) is 6.79 Å². The molecule has 5 nitrogen and oxygen atoms in total. The molecule has 2 aliphatic heterocycles. The van der Waals surface area contributed by atoms with Crippen LogP contribution in [-0.4, -0.2) is 24.8 Å². The predicted molar refractivity (Wildman–Crippen MR) is 82.1 cm³/mol. The van der Waals surface area contributed by atoms with Crippen LogP contribution in [0.25, 0.3) is 0 Å². The van der Waals surface area contributed by atoms with Gasteiger partial charge in [-0.1, -0.05) is 13.8 Å². The van der Waals surface area contributed by atoms with Crippen LogP contribution in [0.5, 0.6) is 11.5 Å². The highest BCUT2D eigenvalue weighted by Gasteiger charge is 2.39. The molecule has 2 aliphatic rings. The first-order valence-electron chi connectivity index (χ1n) is 7.42. The van der Waals surface area contributed by atoms with Gasteiger partial charge in [0, 0.05) is 18.7 Å². The number of carbonyl (C=O) groups is 1. The van der Waals surface area contributed by atoms with Crippen molar-refractivity contribution >= 4 is 17.3 Å². The minimum absolute atomic E-state index is 0.0921. The molecule has 0 unspecified atom stereocenters. The van der Waals surface area contributed by atoms with Crippen LogP contribution in [0, 0.1) is 5.92 Å².